The van der Waals surface area contributed by atoms with Crippen molar-refractivity contribution in [2.45, 2.75) is 6.10 Å². The Bertz CT molecular complexity index is 496. The summed E-state index contributed by atoms with van der Waals surface area (Å²) in [4.78, 5) is 0. The van der Waals surface area contributed by atoms with Gasteiger partial charge in [0.15, 0.2) is 0 Å². The SMILES string of the molecule is COc1ccc(C(O)CBr)c2ccccc12. The van der Waals surface area contributed by atoms with Crippen LogP contribution in [0.5, 0.6) is 5.75 Å². The molecule has 2 nitrogen and oxygen atoms in total. The molecule has 2 rings (SSSR count). The normalized spacial score (nSPS) is 12.7. The topological polar surface area (TPSA) is 29.5 Å². The minimum atomic E-state index is -0.490. The van der Waals surface area contributed by atoms with Gasteiger partial charge in [0, 0.05) is 10.7 Å². The summed E-state index contributed by atoms with van der Waals surface area (Å²) >= 11 is 3.29. The van der Waals surface area contributed by atoms with E-state index in [1.165, 1.54) is 0 Å². The molecule has 0 aliphatic heterocycles. The monoisotopic (exact) mass is 280 g/mol. The van der Waals surface area contributed by atoms with Gasteiger partial charge in [-0.15, -0.1) is 0 Å². The van der Waals surface area contributed by atoms with E-state index in [4.69, 9.17) is 4.74 Å². The summed E-state index contributed by atoms with van der Waals surface area (Å²) < 4.78 is 5.30. The van der Waals surface area contributed by atoms with Gasteiger partial charge < -0.3 is 9.84 Å². The van der Waals surface area contributed by atoms with Crippen molar-refractivity contribution in [3.63, 3.8) is 0 Å². The fourth-order valence-electron chi connectivity index (χ4n) is 1.85. The van der Waals surface area contributed by atoms with Gasteiger partial charge >= 0.3 is 0 Å². The Morgan fingerprint density at radius 1 is 1.19 bits per heavy atom. The summed E-state index contributed by atoms with van der Waals surface area (Å²) in [6.07, 6.45) is -0.490. The molecule has 0 saturated carbocycles. The van der Waals surface area contributed by atoms with Crippen LogP contribution in [0.3, 0.4) is 0 Å². The minimum absolute atomic E-state index is 0.490. The third-order valence-corrected chi connectivity index (χ3v) is 3.26. The predicted molar refractivity (Wildman–Crippen MR) is 69.3 cm³/mol. The summed E-state index contributed by atoms with van der Waals surface area (Å²) in [5.41, 5.74) is 0.924. The number of hydrogen-bond donors (Lipinski definition) is 1. The van der Waals surface area contributed by atoms with Crippen molar-refractivity contribution in [1.29, 1.82) is 0 Å². The van der Waals surface area contributed by atoms with Crippen molar-refractivity contribution in [2.24, 2.45) is 0 Å². The second kappa shape index (κ2) is 4.85. The Labute approximate surface area is 103 Å². The number of alkyl halides is 1. The van der Waals surface area contributed by atoms with Crippen LogP contribution in [0, 0.1) is 0 Å². The highest BCUT2D eigenvalue weighted by Crippen LogP contribution is 2.31. The smallest absolute Gasteiger partial charge is 0.126 e. The average molecular weight is 281 g/mol. The van der Waals surface area contributed by atoms with E-state index in [1.54, 1.807) is 7.11 Å². The zero-order chi connectivity index (χ0) is 11.5. The highest BCUT2D eigenvalue weighted by Gasteiger charge is 2.11. The van der Waals surface area contributed by atoms with Crippen molar-refractivity contribution < 1.29 is 9.84 Å². The maximum Gasteiger partial charge on any atom is 0.126 e. The number of aliphatic hydroxyl groups is 1. The molecule has 0 saturated heterocycles. The number of methoxy groups -OCH3 is 1. The highest BCUT2D eigenvalue weighted by molar-refractivity contribution is 9.09. The maximum atomic E-state index is 9.90. The lowest BCUT2D eigenvalue weighted by Gasteiger charge is -2.13. The Balaban J connectivity index is 2.69. The summed E-state index contributed by atoms with van der Waals surface area (Å²) in [6.45, 7) is 0. The molecule has 0 bridgehead atoms. The van der Waals surface area contributed by atoms with Gasteiger partial charge in [-0.3, -0.25) is 0 Å². The van der Waals surface area contributed by atoms with Crippen molar-refractivity contribution in [3.8, 4) is 5.75 Å². The summed E-state index contributed by atoms with van der Waals surface area (Å²) in [5.74, 6) is 0.834. The summed E-state index contributed by atoms with van der Waals surface area (Å²) in [7, 11) is 1.66. The van der Waals surface area contributed by atoms with Crippen LogP contribution in [0.4, 0.5) is 0 Å². The first-order chi connectivity index (χ1) is 7.77. The van der Waals surface area contributed by atoms with E-state index in [2.05, 4.69) is 15.9 Å². The van der Waals surface area contributed by atoms with E-state index in [0.29, 0.717) is 5.33 Å². The van der Waals surface area contributed by atoms with Gasteiger partial charge in [-0.1, -0.05) is 46.3 Å². The van der Waals surface area contributed by atoms with Crippen molar-refractivity contribution >= 4 is 26.7 Å². The number of aliphatic hydroxyl groups excluding tert-OH is 1. The first kappa shape index (κ1) is 11.4. The maximum absolute atomic E-state index is 9.90. The van der Waals surface area contributed by atoms with Gasteiger partial charge in [0.2, 0.25) is 0 Å². The van der Waals surface area contributed by atoms with Gasteiger partial charge in [-0.2, -0.15) is 0 Å². The van der Waals surface area contributed by atoms with E-state index >= 15 is 0 Å². The van der Waals surface area contributed by atoms with Crippen molar-refractivity contribution in [2.75, 3.05) is 12.4 Å². The first-order valence-electron chi connectivity index (χ1n) is 5.07. The molecule has 0 heterocycles. The van der Waals surface area contributed by atoms with Gasteiger partial charge in [0.05, 0.1) is 13.2 Å². The molecule has 1 N–H and O–H groups in total. The molecule has 0 aliphatic carbocycles. The van der Waals surface area contributed by atoms with Crippen LogP contribution in [0.1, 0.15) is 11.7 Å². The van der Waals surface area contributed by atoms with Crippen LogP contribution in [-0.2, 0) is 0 Å². The molecule has 1 unspecified atom stereocenters. The zero-order valence-electron chi connectivity index (χ0n) is 8.98. The Morgan fingerprint density at radius 3 is 2.50 bits per heavy atom. The second-order valence-corrected chi connectivity index (χ2v) is 4.22. The van der Waals surface area contributed by atoms with Gasteiger partial charge in [-0.05, 0) is 17.0 Å². The average Bonchev–Trinajstić information content (AvgIpc) is 2.36. The molecule has 16 heavy (non-hydrogen) atoms. The zero-order valence-corrected chi connectivity index (χ0v) is 10.6. The van der Waals surface area contributed by atoms with E-state index in [-0.39, 0.29) is 0 Å². The third kappa shape index (κ3) is 1.93. The number of halogens is 1. The largest absolute Gasteiger partial charge is 0.496 e. The van der Waals surface area contributed by atoms with E-state index in [1.807, 2.05) is 36.4 Å². The molecule has 2 aromatic rings. The Kier molecular flexibility index (Phi) is 3.46. The van der Waals surface area contributed by atoms with Crippen molar-refractivity contribution in [3.05, 3.63) is 42.0 Å². The molecule has 0 spiro atoms. The number of fused-ring (bicyclic) bond motifs is 1. The van der Waals surface area contributed by atoms with Crippen LogP contribution in [-0.4, -0.2) is 17.5 Å². The van der Waals surface area contributed by atoms with E-state index < -0.39 is 6.10 Å². The van der Waals surface area contributed by atoms with Crippen LogP contribution >= 0.6 is 15.9 Å². The van der Waals surface area contributed by atoms with Crippen LogP contribution in [0.25, 0.3) is 10.8 Å². The lowest BCUT2D eigenvalue weighted by atomic mass is 10.0. The second-order valence-electron chi connectivity index (χ2n) is 3.57. The number of rotatable bonds is 3. The molecule has 0 fully saturated rings. The molecule has 1 atom stereocenters. The Morgan fingerprint density at radius 2 is 1.88 bits per heavy atom. The fourth-order valence-corrected chi connectivity index (χ4v) is 2.20. The van der Waals surface area contributed by atoms with Crippen LogP contribution < -0.4 is 4.74 Å². The molecule has 84 valence electrons. The van der Waals surface area contributed by atoms with Gasteiger partial charge in [-0.25, -0.2) is 0 Å². The van der Waals surface area contributed by atoms with Gasteiger partial charge in [0.1, 0.15) is 5.75 Å². The molecule has 0 aliphatic rings. The van der Waals surface area contributed by atoms with Crippen molar-refractivity contribution in [1.82, 2.24) is 0 Å². The quantitative estimate of drug-likeness (QED) is 0.875. The summed E-state index contributed by atoms with van der Waals surface area (Å²) in [5, 5.41) is 12.5. The molecule has 0 radical (unpaired) electrons. The number of hydrogen-bond acceptors (Lipinski definition) is 2. The number of benzene rings is 2. The highest BCUT2D eigenvalue weighted by atomic mass is 79.9. The fraction of sp³-hybridized carbons (Fsp3) is 0.231. The Hall–Kier alpha value is -1.06. The van der Waals surface area contributed by atoms with Crippen LogP contribution in [0.15, 0.2) is 36.4 Å². The molecule has 2 aromatic carbocycles. The molecular weight excluding hydrogens is 268 g/mol. The standard InChI is InChI=1S/C13H13BrO2/c1-16-13-7-6-10(12(15)8-14)9-4-2-3-5-11(9)13/h2-7,12,15H,8H2,1H3. The van der Waals surface area contributed by atoms with Gasteiger partial charge in [0.25, 0.3) is 0 Å². The molecular formula is C13H13BrO2. The first-order valence-corrected chi connectivity index (χ1v) is 6.19. The van der Waals surface area contributed by atoms with E-state index in [9.17, 15) is 5.11 Å². The molecule has 3 heteroatoms. The van der Waals surface area contributed by atoms with Crippen LogP contribution in [0.2, 0.25) is 0 Å². The lowest BCUT2D eigenvalue weighted by Crippen LogP contribution is -1.99. The third-order valence-electron chi connectivity index (χ3n) is 2.64. The lowest BCUT2D eigenvalue weighted by molar-refractivity contribution is 0.207. The minimum Gasteiger partial charge on any atom is -0.496 e. The number of ether oxygens (including phenoxy) is 1. The predicted octanol–water partition coefficient (Wildman–Crippen LogP) is 3.28. The summed E-state index contributed by atoms with van der Waals surface area (Å²) in [6, 6.07) is 11.7. The molecule has 0 aromatic heterocycles. The molecule has 0 amide bonds. The van der Waals surface area contributed by atoms with E-state index in [0.717, 1.165) is 22.1 Å².